The molecule has 0 aromatic rings. The summed E-state index contributed by atoms with van der Waals surface area (Å²) < 4.78 is 4.68. The second kappa shape index (κ2) is 3.93. The highest BCUT2D eigenvalue weighted by Crippen LogP contribution is 1.98. The van der Waals surface area contributed by atoms with Crippen molar-refractivity contribution in [1.29, 1.82) is 0 Å². The first kappa shape index (κ1) is 6.76. The summed E-state index contributed by atoms with van der Waals surface area (Å²) >= 11 is 10.5. The lowest BCUT2D eigenvalue weighted by Crippen LogP contribution is -1.97. The van der Waals surface area contributed by atoms with Gasteiger partial charge in [0.2, 0.25) is 0 Å². The van der Waals surface area contributed by atoms with Crippen LogP contribution in [0.15, 0.2) is 0 Å². The quantitative estimate of drug-likeness (QED) is 0.395. The van der Waals surface area contributed by atoms with Crippen molar-refractivity contribution >= 4 is 33.7 Å². The van der Waals surface area contributed by atoms with E-state index >= 15 is 0 Å². The predicted octanol–water partition coefficient (Wildman–Crippen LogP) is 0.0871. The first-order chi connectivity index (χ1) is 2.77. The van der Waals surface area contributed by atoms with E-state index in [0.29, 0.717) is 6.61 Å². The Hall–Kier alpha value is 0.757. The Bertz CT molecular complexity index is 32.7. The Morgan fingerprint density at radius 3 is 2.17 bits per heavy atom. The number of rotatable bonds is 2. The van der Waals surface area contributed by atoms with Gasteiger partial charge in [-0.15, -0.1) is 23.2 Å². The van der Waals surface area contributed by atoms with E-state index in [1.54, 1.807) is 0 Å². The van der Waals surface area contributed by atoms with Crippen molar-refractivity contribution in [3.63, 3.8) is 0 Å². The van der Waals surface area contributed by atoms with Crippen LogP contribution in [0.5, 0.6) is 0 Å². The van der Waals surface area contributed by atoms with Crippen LogP contribution in [0.25, 0.3) is 0 Å². The highest BCUT2D eigenvalue weighted by Gasteiger charge is 1.91. The fourth-order valence-corrected chi connectivity index (χ4v) is 1.13. The van der Waals surface area contributed by atoms with E-state index < -0.39 is 0 Å². The zero-order valence-corrected chi connectivity index (χ0v) is 6.96. The Balaban J connectivity index is 2.63. The van der Waals surface area contributed by atoms with Crippen LogP contribution in [-0.2, 0) is 4.43 Å². The van der Waals surface area contributed by atoms with Gasteiger partial charge in [-0.05, 0) is 0 Å². The number of hydrogen-bond acceptors (Lipinski definition) is 1. The van der Waals surface area contributed by atoms with Crippen LogP contribution in [-0.4, -0.2) is 21.9 Å². The molecular formula is C2H6Cl2OSi. The maximum atomic E-state index is 5.24. The molecule has 0 fully saturated rings. The third-order valence-corrected chi connectivity index (χ3v) is 0.878. The van der Waals surface area contributed by atoms with Crippen LogP contribution in [0.4, 0.5) is 0 Å². The summed E-state index contributed by atoms with van der Waals surface area (Å²) in [5.41, 5.74) is 0. The molecule has 0 heterocycles. The molecule has 0 atom stereocenters. The second-order valence-corrected chi connectivity index (χ2v) is 2.70. The van der Waals surface area contributed by atoms with Crippen LogP contribution in [0.3, 0.4) is 0 Å². The molecule has 4 heteroatoms. The molecule has 0 saturated carbocycles. The van der Waals surface area contributed by atoms with Gasteiger partial charge in [0, 0.05) is 0 Å². The zero-order chi connectivity index (χ0) is 4.99. The molecule has 0 N–H and O–H groups in total. The summed E-state index contributed by atoms with van der Waals surface area (Å²) in [6, 6.07) is 0. The third kappa shape index (κ3) is 4.76. The summed E-state index contributed by atoms with van der Waals surface area (Å²) in [6.45, 7) is 0.468. The minimum atomic E-state index is -0.345. The first-order valence-corrected chi connectivity index (χ1v) is 3.23. The fourth-order valence-electron chi connectivity index (χ4n) is 0.126. The molecule has 0 rings (SSSR count). The van der Waals surface area contributed by atoms with Crippen molar-refractivity contribution in [3.8, 4) is 0 Å². The van der Waals surface area contributed by atoms with E-state index in [4.69, 9.17) is 23.2 Å². The molecule has 0 amide bonds. The molecule has 1 nitrogen and oxygen atoms in total. The lowest BCUT2D eigenvalue weighted by molar-refractivity contribution is 0.369. The van der Waals surface area contributed by atoms with Crippen LogP contribution in [0.2, 0.25) is 0 Å². The molecule has 38 valence electrons. The minimum Gasteiger partial charge on any atom is -0.425 e. The number of alkyl halides is 2. The van der Waals surface area contributed by atoms with Crippen LogP contribution >= 0.6 is 23.2 Å². The molecule has 0 aliphatic carbocycles. The largest absolute Gasteiger partial charge is 0.425 e. The van der Waals surface area contributed by atoms with Crippen molar-refractivity contribution in [2.24, 2.45) is 0 Å². The molecule has 0 aliphatic heterocycles. The Morgan fingerprint density at radius 2 is 2.17 bits per heavy atom. The van der Waals surface area contributed by atoms with E-state index in [1.165, 1.54) is 0 Å². The average Bonchev–Trinajstić information content (AvgIpc) is 1.35. The van der Waals surface area contributed by atoms with Gasteiger partial charge in [-0.3, -0.25) is 0 Å². The highest BCUT2D eigenvalue weighted by atomic mass is 35.5. The van der Waals surface area contributed by atoms with Crippen molar-refractivity contribution in [2.45, 2.75) is 4.84 Å². The van der Waals surface area contributed by atoms with Crippen LogP contribution < -0.4 is 0 Å². The molecule has 0 unspecified atom stereocenters. The monoisotopic (exact) mass is 144 g/mol. The average molecular weight is 145 g/mol. The summed E-state index contributed by atoms with van der Waals surface area (Å²) in [6.07, 6.45) is 0. The highest BCUT2D eigenvalue weighted by molar-refractivity contribution is 6.44. The van der Waals surface area contributed by atoms with Crippen LogP contribution in [0, 0.1) is 0 Å². The summed E-state index contributed by atoms with van der Waals surface area (Å²) in [5, 5.41) is 0. The molecule has 0 aromatic heterocycles. The van der Waals surface area contributed by atoms with Gasteiger partial charge in [-0.25, -0.2) is 0 Å². The molecule has 0 aliphatic rings. The molecule has 0 spiro atoms. The zero-order valence-electron chi connectivity index (χ0n) is 3.45. The standard InChI is InChI=1S/C2H6Cl2OSi/c3-2(4)1-5-6/h2H,1H2,6H3. The lowest BCUT2D eigenvalue weighted by Gasteiger charge is -1.93. The minimum absolute atomic E-state index is 0.345. The van der Waals surface area contributed by atoms with Gasteiger partial charge in [-0.2, -0.15) is 0 Å². The Morgan fingerprint density at radius 1 is 1.67 bits per heavy atom. The molecule has 0 radical (unpaired) electrons. The third-order valence-electron chi connectivity index (χ3n) is 0.293. The van der Waals surface area contributed by atoms with E-state index in [9.17, 15) is 0 Å². The topological polar surface area (TPSA) is 9.23 Å². The van der Waals surface area contributed by atoms with Gasteiger partial charge in [0.15, 0.2) is 0 Å². The van der Waals surface area contributed by atoms with Gasteiger partial charge in [-0.1, -0.05) is 0 Å². The van der Waals surface area contributed by atoms with Crippen LogP contribution in [0.1, 0.15) is 0 Å². The van der Waals surface area contributed by atoms with Gasteiger partial charge >= 0.3 is 0 Å². The first-order valence-electron chi connectivity index (χ1n) is 1.54. The molecule has 6 heavy (non-hydrogen) atoms. The Kier molecular flexibility index (Phi) is 4.43. The molecule has 0 saturated heterocycles. The Labute approximate surface area is 50.1 Å². The summed E-state index contributed by atoms with van der Waals surface area (Å²) in [5.74, 6) is 0. The van der Waals surface area contributed by atoms with E-state index in [-0.39, 0.29) is 4.84 Å². The van der Waals surface area contributed by atoms with Crippen molar-refractivity contribution in [1.82, 2.24) is 0 Å². The summed E-state index contributed by atoms with van der Waals surface area (Å²) in [7, 11) is 0.718. The molecular weight excluding hydrogens is 139 g/mol. The number of hydrogen-bond donors (Lipinski definition) is 0. The van der Waals surface area contributed by atoms with Crippen molar-refractivity contribution in [2.75, 3.05) is 6.61 Å². The predicted molar refractivity (Wildman–Crippen MR) is 31.4 cm³/mol. The van der Waals surface area contributed by atoms with E-state index in [1.807, 2.05) is 0 Å². The molecule has 0 bridgehead atoms. The van der Waals surface area contributed by atoms with E-state index in [2.05, 4.69) is 4.43 Å². The van der Waals surface area contributed by atoms with Crippen molar-refractivity contribution in [3.05, 3.63) is 0 Å². The second-order valence-electron chi connectivity index (χ2n) is 0.846. The maximum absolute atomic E-state index is 5.24. The number of halogens is 2. The SMILES string of the molecule is [SiH3]OCC(Cl)Cl. The van der Waals surface area contributed by atoms with Gasteiger partial charge in [0.1, 0.15) is 15.3 Å². The smallest absolute Gasteiger partial charge is 0.146 e. The normalized spacial score (nSPS) is 10.5. The fraction of sp³-hybridized carbons (Fsp3) is 1.00. The van der Waals surface area contributed by atoms with Gasteiger partial charge in [0.25, 0.3) is 0 Å². The van der Waals surface area contributed by atoms with Crippen molar-refractivity contribution < 1.29 is 4.43 Å². The molecule has 0 aromatic carbocycles. The van der Waals surface area contributed by atoms with Gasteiger partial charge < -0.3 is 4.43 Å². The lowest BCUT2D eigenvalue weighted by atomic mass is 10.9. The van der Waals surface area contributed by atoms with Gasteiger partial charge in [0.05, 0.1) is 6.61 Å². The summed E-state index contributed by atoms with van der Waals surface area (Å²) in [4.78, 5) is -0.345. The van der Waals surface area contributed by atoms with E-state index in [0.717, 1.165) is 10.5 Å². The maximum Gasteiger partial charge on any atom is 0.146 e.